The van der Waals surface area contributed by atoms with Gasteiger partial charge in [-0.25, -0.2) is 0 Å². The molecule has 82 valence electrons. The maximum atomic E-state index is 11.7. The zero-order chi connectivity index (χ0) is 10.7. The van der Waals surface area contributed by atoms with E-state index in [1.807, 2.05) is 6.07 Å². The molecule has 5 heteroatoms. The van der Waals surface area contributed by atoms with Gasteiger partial charge in [0.15, 0.2) is 0 Å². The minimum Gasteiger partial charge on any atom is -0.348 e. The Morgan fingerprint density at radius 3 is 3.20 bits per heavy atom. The van der Waals surface area contributed by atoms with Crippen LogP contribution in [-0.2, 0) is 11.3 Å². The lowest BCUT2D eigenvalue weighted by Crippen LogP contribution is -2.48. The molecule has 1 unspecified atom stereocenters. The summed E-state index contributed by atoms with van der Waals surface area (Å²) in [6.07, 6.45) is 4.44. The number of nitrogens with one attached hydrogen (secondary N) is 2. The average molecular weight is 208 g/mol. The van der Waals surface area contributed by atoms with Gasteiger partial charge in [0, 0.05) is 18.9 Å². The van der Waals surface area contributed by atoms with Gasteiger partial charge in [-0.1, -0.05) is 0 Å². The van der Waals surface area contributed by atoms with Crippen LogP contribution in [0.5, 0.6) is 0 Å². The second kappa shape index (κ2) is 4.02. The van der Waals surface area contributed by atoms with Crippen molar-refractivity contribution in [3.63, 3.8) is 0 Å². The molecular weight excluding hydrogens is 192 g/mol. The van der Waals surface area contributed by atoms with Crippen LogP contribution < -0.4 is 10.6 Å². The summed E-state index contributed by atoms with van der Waals surface area (Å²) in [5, 5.41) is 10.3. The van der Waals surface area contributed by atoms with Crippen LogP contribution in [0.25, 0.3) is 0 Å². The van der Waals surface area contributed by atoms with Crippen LogP contribution in [0.2, 0.25) is 0 Å². The fraction of sp³-hybridized carbons (Fsp3) is 0.600. The summed E-state index contributed by atoms with van der Waals surface area (Å²) < 4.78 is 1.63. The summed E-state index contributed by atoms with van der Waals surface area (Å²) in [5.41, 5.74) is -0.0930. The van der Waals surface area contributed by atoms with Crippen molar-refractivity contribution in [2.24, 2.45) is 0 Å². The van der Waals surface area contributed by atoms with Crippen molar-refractivity contribution in [2.75, 3.05) is 13.1 Å². The van der Waals surface area contributed by atoms with Crippen LogP contribution in [0.4, 0.5) is 0 Å². The minimum absolute atomic E-state index is 0.0184. The third-order valence-electron chi connectivity index (χ3n) is 2.67. The van der Waals surface area contributed by atoms with Gasteiger partial charge in [0.1, 0.15) is 6.54 Å². The Labute approximate surface area is 88.8 Å². The Balaban J connectivity index is 1.87. The Hall–Kier alpha value is -1.36. The van der Waals surface area contributed by atoms with Crippen LogP contribution in [0.3, 0.4) is 0 Å². The second-order valence-electron chi connectivity index (χ2n) is 4.24. The van der Waals surface area contributed by atoms with Crippen molar-refractivity contribution in [1.82, 2.24) is 20.4 Å². The molecule has 0 bridgehead atoms. The zero-order valence-electron chi connectivity index (χ0n) is 8.86. The molecule has 15 heavy (non-hydrogen) atoms. The Morgan fingerprint density at radius 1 is 1.73 bits per heavy atom. The molecule has 0 aromatic carbocycles. The largest absolute Gasteiger partial charge is 0.348 e. The maximum Gasteiger partial charge on any atom is 0.242 e. The number of nitrogens with zero attached hydrogens (tertiary/aromatic N) is 2. The van der Waals surface area contributed by atoms with Gasteiger partial charge in [0.25, 0.3) is 0 Å². The summed E-state index contributed by atoms with van der Waals surface area (Å²) >= 11 is 0. The summed E-state index contributed by atoms with van der Waals surface area (Å²) in [6, 6.07) is 1.81. The van der Waals surface area contributed by atoms with Gasteiger partial charge in [0.05, 0.1) is 5.54 Å². The monoisotopic (exact) mass is 208 g/mol. The van der Waals surface area contributed by atoms with Gasteiger partial charge in [-0.15, -0.1) is 0 Å². The van der Waals surface area contributed by atoms with Crippen molar-refractivity contribution >= 4 is 5.91 Å². The van der Waals surface area contributed by atoms with Crippen LogP contribution in [0, 0.1) is 0 Å². The topological polar surface area (TPSA) is 59.0 Å². The van der Waals surface area contributed by atoms with Crippen LogP contribution in [0.1, 0.15) is 13.3 Å². The van der Waals surface area contributed by atoms with Crippen LogP contribution >= 0.6 is 0 Å². The van der Waals surface area contributed by atoms with Gasteiger partial charge in [-0.05, 0) is 26.0 Å². The van der Waals surface area contributed by atoms with Crippen molar-refractivity contribution in [2.45, 2.75) is 25.4 Å². The lowest BCUT2D eigenvalue weighted by atomic mass is 10.0. The van der Waals surface area contributed by atoms with E-state index < -0.39 is 0 Å². The first-order valence-corrected chi connectivity index (χ1v) is 5.17. The van der Waals surface area contributed by atoms with E-state index >= 15 is 0 Å². The average Bonchev–Trinajstić information content (AvgIpc) is 2.76. The predicted octanol–water partition coefficient (Wildman–Crippen LogP) is -0.249. The van der Waals surface area contributed by atoms with Gasteiger partial charge in [-0.3, -0.25) is 9.48 Å². The summed E-state index contributed by atoms with van der Waals surface area (Å²) in [4.78, 5) is 11.7. The fourth-order valence-corrected chi connectivity index (χ4v) is 1.84. The van der Waals surface area contributed by atoms with Gasteiger partial charge >= 0.3 is 0 Å². The molecule has 2 heterocycles. The zero-order valence-corrected chi connectivity index (χ0v) is 8.86. The van der Waals surface area contributed by atoms with E-state index in [0.717, 1.165) is 19.5 Å². The normalized spacial score (nSPS) is 25.4. The molecule has 0 radical (unpaired) electrons. The Bertz CT molecular complexity index is 327. The summed E-state index contributed by atoms with van der Waals surface area (Å²) in [5.74, 6) is 0.0184. The van der Waals surface area contributed by atoms with E-state index in [1.54, 1.807) is 17.1 Å². The number of aromatic nitrogens is 2. The number of carbonyl (C=O) groups excluding carboxylic acids is 1. The highest BCUT2D eigenvalue weighted by Crippen LogP contribution is 2.12. The molecular formula is C10H16N4O. The molecule has 2 rings (SSSR count). The number of hydrogen-bond donors (Lipinski definition) is 2. The predicted molar refractivity (Wildman–Crippen MR) is 56.3 cm³/mol. The summed E-state index contributed by atoms with van der Waals surface area (Å²) in [7, 11) is 0. The Morgan fingerprint density at radius 2 is 2.60 bits per heavy atom. The van der Waals surface area contributed by atoms with Crippen molar-refractivity contribution in [1.29, 1.82) is 0 Å². The van der Waals surface area contributed by atoms with Gasteiger partial charge in [0.2, 0.25) is 5.91 Å². The van der Waals surface area contributed by atoms with E-state index in [-0.39, 0.29) is 11.4 Å². The second-order valence-corrected chi connectivity index (χ2v) is 4.24. The quantitative estimate of drug-likeness (QED) is 0.720. The molecule has 1 aromatic rings. The fourth-order valence-electron chi connectivity index (χ4n) is 1.84. The van der Waals surface area contributed by atoms with Gasteiger partial charge < -0.3 is 10.6 Å². The third kappa shape index (κ3) is 2.56. The molecule has 5 nitrogen and oxygen atoms in total. The number of amides is 1. The molecule has 1 amide bonds. The van der Waals surface area contributed by atoms with E-state index in [9.17, 15) is 4.79 Å². The number of hydrogen-bond acceptors (Lipinski definition) is 3. The van der Waals surface area contributed by atoms with Crippen molar-refractivity contribution < 1.29 is 4.79 Å². The SMILES string of the molecule is CC1(NC(=O)Cn2cccn2)CCNC1. The van der Waals surface area contributed by atoms with Crippen LogP contribution in [-0.4, -0.2) is 34.3 Å². The lowest BCUT2D eigenvalue weighted by Gasteiger charge is -2.24. The van der Waals surface area contributed by atoms with E-state index in [1.165, 1.54) is 0 Å². The molecule has 1 aromatic heterocycles. The van der Waals surface area contributed by atoms with E-state index in [2.05, 4.69) is 22.7 Å². The first-order chi connectivity index (χ1) is 7.18. The lowest BCUT2D eigenvalue weighted by molar-refractivity contribution is -0.123. The molecule has 0 saturated carbocycles. The minimum atomic E-state index is -0.0930. The Kier molecular flexibility index (Phi) is 2.73. The smallest absolute Gasteiger partial charge is 0.242 e. The highest BCUT2D eigenvalue weighted by molar-refractivity contribution is 5.76. The molecule has 0 spiro atoms. The van der Waals surface area contributed by atoms with E-state index in [4.69, 9.17) is 0 Å². The molecule has 1 aliphatic heterocycles. The first kappa shape index (κ1) is 10.2. The molecule has 1 atom stereocenters. The first-order valence-electron chi connectivity index (χ1n) is 5.17. The highest BCUT2D eigenvalue weighted by atomic mass is 16.2. The van der Waals surface area contributed by atoms with Crippen molar-refractivity contribution in [3.05, 3.63) is 18.5 Å². The van der Waals surface area contributed by atoms with Gasteiger partial charge in [-0.2, -0.15) is 5.10 Å². The molecule has 2 N–H and O–H groups in total. The van der Waals surface area contributed by atoms with Crippen molar-refractivity contribution in [3.8, 4) is 0 Å². The standard InChI is InChI=1S/C10H16N4O/c1-10(3-5-11-8-10)13-9(15)7-14-6-2-4-12-14/h2,4,6,11H,3,5,7-8H2,1H3,(H,13,15). The highest BCUT2D eigenvalue weighted by Gasteiger charge is 2.29. The maximum absolute atomic E-state index is 11.7. The van der Waals surface area contributed by atoms with E-state index in [0.29, 0.717) is 6.54 Å². The molecule has 1 saturated heterocycles. The number of carbonyl (C=O) groups is 1. The molecule has 1 fully saturated rings. The third-order valence-corrected chi connectivity index (χ3v) is 2.67. The summed E-state index contributed by atoms with van der Waals surface area (Å²) in [6.45, 7) is 4.17. The van der Waals surface area contributed by atoms with Crippen LogP contribution in [0.15, 0.2) is 18.5 Å². The molecule has 1 aliphatic rings. The number of rotatable bonds is 3. The molecule has 0 aliphatic carbocycles.